The van der Waals surface area contributed by atoms with E-state index in [2.05, 4.69) is 21.7 Å². The Hall–Kier alpha value is -0.200. The van der Waals surface area contributed by atoms with E-state index >= 15 is 0 Å². The van der Waals surface area contributed by atoms with Crippen LogP contribution in [0.5, 0.6) is 0 Å². The van der Waals surface area contributed by atoms with Gasteiger partial charge in [0.1, 0.15) is 0 Å². The minimum atomic E-state index is 0.0365. The molecule has 4 heterocycles. The highest BCUT2D eigenvalue weighted by atomic mass is 16.5. The van der Waals surface area contributed by atoms with Crippen molar-refractivity contribution in [3.05, 3.63) is 0 Å². The van der Waals surface area contributed by atoms with Gasteiger partial charge >= 0.3 is 0 Å². The molecule has 4 saturated heterocycles. The van der Waals surface area contributed by atoms with Crippen molar-refractivity contribution in [3.63, 3.8) is 0 Å². The Labute approximate surface area is 134 Å². The van der Waals surface area contributed by atoms with E-state index in [9.17, 15) is 5.11 Å². The maximum absolute atomic E-state index is 9.59. The molecule has 0 spiro atoms. The average molecular weight is 309 g/mol. The topological polar surface area (TPSA) is 39.2 Å². The highest BCUT2D eigenvalue weighted by Crippen LogP contribution is 2.36. The summed E-state index contributed by atoms with van der Waals surface area (Å²) in [7, 11) is 2.32. The van der Waals surface area contributed by atoms with Crippen molar-refractivity contribution in [2.75, 3.05) is 59.6 Å². The number of aliphatic hydroxyl groups excluding tert-OH is 1. The van der Waals surface area contributed by atoms with E-state index in [0.717, 1.165) is 51.0 Å². The molecule has 2 atom stereocenters. The minimum Gasteiger partial charge on any atom is -0.396 e. The summed E-state index contributed by atoms with van der Waals surface area (Å²) in [6.45, 7) is 7.48. The molecule has 0 amide bonds. The van der Waals surface area contributed by atoms with Gasteiger partial charge in [0.15, 0.2) is 0 Å². The Morgan fingerprint density at radius 1 is 1.00 bits per heavy atom. The van der Waals surface area contributed by atoms with Crippen LogP contribution in [0.3, 0.4) is 0 Å². The molecule has 0 aromatic heterocycles. The van der Waals surface area contributed by atoms with Crippen LogP contribution in [0.25, 0.3) is 0 Å². The van der Waals surface area contributed by atoms with E-state index in [0.29, 0.717) is 0 Å². The second kappa shape index (κ2) is 6.02. The SMILES string of the molecule is CN1C2CCC1CC(N1CCN(CC3(CO)COC3)CC1)C2. The van der Waals surface area contributed by atoms with E-state index < -0.39 is 0 Å². The zero-order valence-corrected chi connectivity index (χ0v) is 13.9. The summed E-state index contributed by atoms with van der Waals surface area (Å²) in [5.74, 6) is 0. The van der Waals surface area contributed by atoms with Crippen molar-refractivity contribution < 1.29 is 9.84 Å². The fraction of sp³-hybridized carbons (Fsp3) is 1.00. The molecule has 5 nitrogen and oxygen atoms in total. The van der Waals surface area contributed by atoms with Crippen molar-refractivity contribution >= 4 is 0 Å². The third kappa shape index (κ3) is 2.71. The van der Waals surface area contributed by atoms with Gasteiger partial charge in [0.05, 0.1) is 25.2 Å². The van der Waals surface area contributed by atoms with Crippen molar-refractivity contribution in [1.82, 2.24) is 14.7 Å². The summed E-state index contributed by atoms with van der Waals surface area (Å²) in [4.78, 5) is 7.92. The highest BCUT2D eigenvalue weighted by molar-refractivity contribution is 4.98. The number of piperazine rings is 1. The first-order valence-corrected chi connectivity index (χ1v) is 9.06. The summed E-state index contributed by atoms with van der Waals surface area (Å²) in [5, 5.41) is 9.59. The van der Waals surface area contributed by atoms with Crippen molar-refractivity contribution in [2.45, 2.75) is 43.8 Å². The number of hydrogen-bond acceptors (Lipinski definition) is 5. The largest absolute Gasteiger partial charge is 0.396 e. The lowest BCUT2D eigenvalue weighted by Gasteiger charge is -2.48. The maximum atomic E-state index is 9.59. The number of piperidine rings is 1. The van der Waals surface area contributed by atoms with Crippen molar-refractivity contribution in [1.29, 1.82) is 0 Å². The van der Waals surface area contributed by atoms with E-state index in [-0.39, 0.29) is 12.0 Å². The van der Waals surface area contributed by atoms with Gasteiger partial charge in [-0.3, -0.25) is 9.80 Å². The third-order valence-corrected chi connectivity index (χ3v) is 6.71. The Balaban J connectivity index is 1.27. The predicted octanol–water partition coefficient (Wildman–Crippen LogP) is 0.238. The molecule has 4 rings (SSSR count). The fourth-order valence-electron chi connectivity index (χ4n) is 5.07. The second-order valence-electron chi connectivity index (χ2n) is 8.14. The Bertz CT molecular complexity index is 374. The molecule has 5 heteroatoms. The summed E-state index contributed by atoms with van der Waals surface area (Å²) in [6.07, 6.45) is 5.58. The standard InChI is InChI=1S/C17H31N3O2/c1-18-14-2-3-15(18)9-16(8-14)20-6-4-19(5-7-20)10-17(11-21)12-22-13-17/h14-16,21H,2-13H2,1H3. The first-order chi connectivity index (χ1) is 10.7. The number of nitrogens with zero attached hydrogens (tertiary/aromatic N) is 3. The molecule has 22 heavy (non-hydrogen) atoms. The van der Waals surface area contributed by atoms with Crippen LogP contribution in [0.15, 0.2) is 0 Å². The number of rotatable bonds is 4. The zero-order valence-electron chi connectivity index (χ0n) is 13.9. The van der Waals surface area contributed by atoms with Gasteiger partial charge in [0.25, 0.3) is 0 Å². The van der Waals surface area contributed by atoms with Crippen LogP contribution < -0.4 is 0 Å². The average Bonchev–Trinajstić information content (AvgIpc) is 2.73. The predicted molar refractivity (Wildman–Crippen MR) is 85.9 cm³/mol. The molecule has 126 valence electrons. The van der Waals surface area contributed by atoms with Crippen molar-refractivity contribution in [2.24, 2.45) is 5.41 Å². The van der Waals surface area contributed by atoms with Gasteiger partial charge in [0, 0.05) is 50.8 Å². The molecule has 0 aliphatic carbocycles. The van der Waals surface area contributed by atoms with Gasteiger partial charge in [-0.05, 0) is 32.7 Å². The van der Waals surface area contributed by atoms with Gasteiger partial charge < -0.3 is 14.7 Å². The van der Waals surface area contributed by atoms with Crippen LogP contribution in [-0.4, -0.2) is 97.5 Å². The number of fused-ring (bicyclic) bond motifs is 2. The third-order valence-electron chi connectivity index (χ3n) is 6.71. The molecule has 0 aromatic carbocycles. The first kappa shape index (κ1) is 15.3. The fourth-order valence-corrected chi connectivity index (χ4v) is 5.07. The summed E-state index contributed by atoms with van der Waals surface area (Å²) in [6, 6.07) is 2.49. The lowest BCUT2D eigenvalue weighted by molar-refractivity contribution is -0.151. The normalized spacial score (nSPS) is 39.8. The van der Waals surface area contributed by atoms with Gasteiger partial charge in [-0.15, -0.1) is 0 Å². The quantitative estimate of drug-likeness (QED) is 0.805. The molecule has 0 saturated carbocycles. The molecule has 0 aromatic rings. The molecule has 4 fully saturated rings. The Morgan fingerprint density at radius 3 is 2.14 bits per heavy atom. The van der Waals surface area contributed by atoms with Crippen LogP contribution in [0.2, 0.25) is 0 Å². The van der Waals surface area contributed by atoms with Gasteiger partial charge in [-0.1, -0.05) is 0 Å². The van der Waals surface area contributed by atoms with Gasteiger partial charge in [-0.25, -0.2) is 0 Å². The van der Waals surface area contributed by atoms with Crippen molar-refractivity contribution in [3.8, 4) is 0 Å². The van der Waals surface area contributed by atoms with E-state index in [1.54, 1.807) is 0 Å². The monoisotopic (exact) mass is 309 g/mol. The second-order valence-corrected chi connectivity index (χ2v) is 8.14. The molecule has 4 aliphatic rings. The molecule has 4 aliphatic heterocycles. The smallest absolute Gasteiger partial charge is 0.0579 e. The number of aliphatic hydroxyl groups is 1. The number of ether oxygens (including phenoxy) is 1. The Morgan fingerprint density at radius 2 is 1.64 bits per heavy atom. The van der Waals surface area contributed by atoms with Crippen LogP contribution >= 0.6 is 0 Å². The molecule has 2 unspecified atom stereocenters. The van der Waals surface area contributed by atoms with E-state index in [4.69, 9.17) is 4.74 Å². The summed E-state index contributed by atoms with van der Waals surface area (Å²) < 4.78 is 5.33. The van der Waals surface area contributed by atoms with Gasteiger partial charge in [-0.2, -0.15) is 0 Å². The van der Waals surface area contributed by atoms with E-state index in [1.165, 1.54) is 38.8 Å². The molecule has 2 bridgehead atoms. The minimum absolute atomic E-state index is 0.0365. The lowest BCUT2D eigenvalue weighted by atomic mass is 9.86. The van der Waals surface area contributed by atoms with Crippen LogP contribution in [-0.2, 0) is 4.74 Å². The molecular weight excluding hydrogens is 278 g/mol. The zero-order chi connectivity index (χ0) is 15.2. The van der Waals surface area contributed by atoms with Crippen LogP contribution in [0.4, 0.5) is 0 Å². The summed E-state index contributed by atoms with van der Waals surface area (Å²) in [5.41, 5.74) is 0.0365. The van der Waals surface area contributed by atoms with Gasteiger partial charge in [0.2, 0.25) is 0 Å². The molecule has 1 N–H and O–H groups in total. The highest BCUT2D eigenvalue weighted by Gasteiger charge is 2.42. The van der Waals surface area contributed by atoms with E-state index in [1.807, 2.05) is 0 Å². The summed E-state index contributed by atoms with van der Waals surface area (Å²) >= 11 is 0. The lowest BCUT2D eigenvalue weighted by Crippen LogP contribution is -2.59. The Kier molecular flexibility index (Phi) is 4.20. The molecular formula is C17H31N3O2. The van der Waals surface area contributed by atoms with Crippen LogP contribution in [0, 0.1) is 5.41 Å². The molecule has 0 radical (unpaired) electrons. The number of hydrogen-bond donors (Lipinski definition) is 1. The van der Waals surface area contributed by atoms with Crippen LogP contribution in [0.1, 0.15) is 25.7 Å². The first-order valence-electron chi connectivity index (χ1n) is 9.06. The maximum Gasteiger partial charge on any atom is 0.0579 e.